The van der Waals surface area contributed by atoms with Crippen LogP contribution in [0.15, 0.2) is 67.9 Å². The Bertz CT molecular complexity index is 1820. The third-order valence-corrected chi connectivity index (χ3v) is 7.75. The standard InChI is InChI=1S/C29H26FN9O2/c1-3-27(40)37-8-6-18-11-19(37)14-38(18)25-5-4-22-28(36-25)29(33-15-31-22)35-23-10-17(2)24(13-21(23)30)41-20-7-9-39-26(12-20)32-16-34-39/h3-5,7,9-10,12-13,15-16,18-19H,1,6,8,11,14H2,2H3,(H,31,33,35)/t18-,19+/m1/s1. The SMILES string of the molecule is C=CC(=O)N1CC[C@@H]2C[C@H]1CN2c1ccc2ncnc(Nc3cc(C)c(Oc4ccn5ncnc5c4)cc3F)c2n1. The van der Waals surface area contributed by atoms with E-state index in [1.54, 1.807) is 28.9 Å². The van der Waals surface area contributed by atoms with Gasteiger partial charge in [-0.05, 0) is 55.7 Å². The first-order valence-electron chi connectivity index (χ1n) is 13.3. The Morgan fingerprint density at radius 2 is 2.05 bits per heavy atom. The number of pyridine rings is 2. The number of amides is 1. The lowest BCUT2D eigenvalue weighted by Crippen LogP contribution is -2.43. The zero-order chi connectivity index (χ0) is 28.1. The minimum absolute atomic E-state index is 0.0354. The molecule has 0 saturated carbocycles. The zero-order valence-electron chi connectivity index (χ0n) is 22.2. The zero-order valence-corrected chi connectivity index (χ0v) is 22.2. The number of rotatable bonds is 6. The number of ether oxygens (including phenoxy) is 1. The number of piperidine rings is 1. The average Bonchev–Trinajstić information content (AvgIpc) is 3.59. The summed E-state index contributed by atoms with van der Waals surface area (Å²) in [5.74, 6) is 1.54. The normalized spacial score (nSPS) is 18.2. The van der Waals surface area contributed by atoms with E-state index < -0.39 is 5.82 Å². The van der Waals surface area contributed by atoms with Gasteiger partial charge in [0.05, 0.1) is 17.2 Å². The van der Waals surface area contributed by atoms with Crippen LogP contribution >= 0.6 is 0 Å². The van der Waals surface area contributed by atoms with Crippen molar-refractivity contribution in [1.82, 2.24) is 34.4 Å². The average molecular weight is 552 g/mol. The highest BCUT2D eigenvalue weighted by Gasteiger charge is 2.41. The molecule has 0 spiro atoms. The summed E-state index contributed by atoms with van der Waals surface area (Å²) in [5, 5.41) is 7.19. The lowest BCUT2D eigenvalue weighted by Gasteiger charge is -2.31. The number of carbonyl (C=O) groups is 1. The number of likely N-dealkylation sites (tertiary alicyclic amines) is 1. The number of nitrogens with one attached hydrogen (secondary N) is 1. The molecule has 1 aromatic carbocycles. The predicted molar refractivity (Wildman–Crippen MR) is 151 cm³/mol. The highest BCUT2D eigenvalue weighted by molar-refractivity contribution is 5.89. The number of hydrogen-bond acceptors (Lipinski definition) is 9. The fourth-order valence-electron chi connectivity index (χ4n) is 5.72. The predicted octanol–water partition coefficient (Wildman–Crippen LogP) is 4.42. The van der Waals surface area contributed by atoms with Gasteiger partial charge in [-0.25, -0.2) is 28.8 Å². The summed E-state index contributed by atoms with van der Waals surface area (Å²) >= 11 is 0. The molecule has 1 amide bonds. The highest BCUT2D eigenvalue weighted by Crippen LogP contribution is 2.36. The molecule has 2 bridgehead atoms. The summed E-state index contributed by atoms with van der Waals surface area (Å²) in [6.07, 6.45) is 7.74. The maximum absolute atomic E-state index is 15.3. The molecule has 12 heteroatoms. The van der Waals surface area contributed by atoms with Crippen molar-refractivity contribution in [2.75, 3.05) is 23.3 Å². The molecule has 0 aliphatic carbocycles. The lowest BCUT2D eigenvalue weighted by atomic mass is 10.0. The number of hydrogen-bond donors (Lipinski definition) is 1. The maximum Gasteiger partial charge on any atom is 0.246 e. The molecule has 2 fully saturated rings. The van der Waals surface area contributed by atoms with Crippen LogP contribution in [0.3, 0.4) is 0 Å². The van der Waals surface area contributed by atoms with Crippen molar-refractivity contribution >= 4 is 39.9 Å². The van der Waals surface area contributed by atoms with Crippen LogP contribution in [0.25, 0.3) is 16.7 Å². The number of fused-ring (bicyclic) bond motifs is 4. The Kier molecular flexibility index (Phi) is 5.95. The van der Waals surface area contributed by atoms with E-state index in [2.05, 4.69) is 36.8 Å². The van der Waals surface area contributed by atoms with Gasteiger partial charge in [0.2, 0.25) is 5.91 Å². The quantitative estimate of drug-likeness (QED) is 0.307. The van der Waals surface area contributed by atoms with Crippen molar-refractivity contribution in [3.63, 3.8) is 0 Å². The van der Waals surface area contributed by atoms with Crippen LogP contribution in [0.2, 0.25) is 0 Å². The van der Waals surface area contributed by atoms with E-state index in [1.165, 1.54) is 24.8 Å². The Morgan fingerprint density at radius 3 is 2.93 bits per heavy atom. The number of aryl methyl sites for hydroxylation is 1. The molecule has 0 radical (unpaired) electrons. The molecule has 2 atom stereocenters. The van der Waals surface area contributed by atoms with E-state index in [0.29, 0.717) is 47.1 Å². The first-order valence-corrected chi connectivity index (χ1v) is 13.3. The summed E-state index contributed by atoms with van der Waals surface area (Å²) in [4.78, 5) is 34.2. The van der Waals surface area contributed by atoms with Crippen molar-refractivity contribution in [2.24, 2.45) is 0 Å². The minimum Gasteiger partial charge on any atom is -0.457 e. The number of aromatic nitrogens is 6. The number of benzene rings is 1. The summed E-state index contributed by atoms with van der Waals surface area (Å²) in [6.45, 7) is 6.88. The molecular weight excluding hydrogens is 525 g/mol. The number of anilines is 3. The monoisotopic (exact) mass is 551 g/mol. The molecule has 4 aromatic heterocycles. The van der Waals surface area contributed by atoms with Gasteiger partial charge in [-0.15, -0.1) is 0 Å². The second-order valence-electron chi connectivity index (χ2n) is 10.2. The van der Waals surface area contributed by atoms with Crippen molar-refractivity contribution in [3.8, 4) is 11.5 Å². The van der Waals surface area contributed by atoms with Gasteiger partial charge in [0.1, 0.15) is 41.3 Å². The molecule has 11 nitrogen and oxygen atoms in total. The first kappa shape index (κ1) is 24.9. The molecule has 0 unspecified atom stereocenters. The first-order chi connectivity index (χ1) is 20.0. The summed E-state index contributed by atoms with van der Waals surface area (Å²) in [6, 6.07) is 10.7. The number of nitrogens with zero attached hydrogens (tertiary/aromatic N) is 8. The third-order valence-electron chi connectivity index (χ3n) is 7.75. The summed E-state index contributed by atoms with van der Waals surface area (Å²) in [5.41, 5.74) is 2.76. The van der Waals surface area contributed by atoms with Gasteiger partial charge in [0.25, 0.3) is 0 Å². The van der Waals surface area contributed by atoms with Gasteiger partial charge < -0.3 is 19.9 Å². The molecule has 2 saturated heterocycles. The maximum atomic E-state index is 15.3. The van der Waals surface area contributed by atoms with Crippen LogP contribution in [0.1, 0.15) is 18.4 Å². The highest BCUT2D eigenvalue weighted by atomic mass is 19.1. The van der Waals surface area contributed by atoms with E-state index in [0.717, 1.165) is 24.2 Å². The molecule has 2 aliphatic rings. The fourth-order valence-corrected chi connectivity index (χ4v) is 5.72. The molecule has 206 valence electrons. The van der Waals surface area contributed by atoms with Crippen LogP contribution in [0.4, 0.5) is 21.7 Å². The Hall–Kier alpha value is -5.13. The third kappa shape index (κ3) is 4.46. The fraction of sp³-hybridized carbons (Fsp3) is 0.241. The minimum atomic E-state index is -0.502. The van der Waals surface area contributed by atoms with Gasteiger partial charge in [-0.1, -0.05) is 6.58 Å². The molecular formula is C29H26FN9O2. The Balaban J connectivity index is 1.15. The Morgan fingerprint density at radius 1 is 1.15 bits per heavy atom. The van der Waals surface area contributed by atoms with Crippen molar-refractivity contribution in [1.29, 1.82) is 0 Å². The molecule has 41 heavy (non-hydrogen) atoms. The van der Waals surface area contributed by atoms with Gasteiger partial charge >= 0.3 is 0 Å². The molecule has 7 rings (SSSR count). The van der Waals surface area contributed by atoms with E-state index in [1.807, 2.05) is 24.0 Å². The lowest BCUT2D eigenvalue weighted by molar-refractivity contribution is -0.128. The van der Waals surface area contributed by atoms with Crippen LogP contribution < -0.4 is 15.0 Å². The van der Waals surface area contributed by atoms with Gasteiger partial charge in [-0.3, -0.25) is 4.79 Å². The van der Waals surface area contributed by atoms with Crippen LogP contribution in [-0.4, -0.2) is 65.5 Å². The van der Waals surface area contributed by atoms with Crippen LogP contribution in [0, 0.1) is 12.7 Å². The molecule has 1 N–H and O–H groups in total. The van der Waals surface area contributed by atoms with Crippen LogP contribution in [0.5, 0.6) is 11.5 Å². The van der Waals surface area contributed by atoms with Crippen LogP contribution in [-0.2, 0) is 4.79 Å². The summed E-state index contributed by atoms with van der Waals surface area (Å²) in [7, 11) is 0. The van der Waals surface area contributed by atoms with Crippen molar-refractivity contribution < 1.29 is 13.9 Å². The molecule has 6 heterocycles. The largest absolute Gasteiger partial charge is 0.457 e. The second-order valence-corrected chi connectivity index (χ2v) is 10.2. The molecule has 2 aliphatic heterocycles. The van der Waals surface area contributed by atoms with E-state index in [9.17, 15) is 4.79 Å². The van der Waals surface area contributed by atoms with E-state index >= 15 is 4.39 Å². The number of halogens is 1. The van der Waals surface area contributed by atoms with E-state index in [-0.39, 0.29) is 23.7 Å². The summed E-state index contributed by atoms with van der Waals surface area (Å²) < 4.78 is 22.9. The van der Waals surface area contributed by atoms with Gasteiger partial charge in [0.15, 0.2) is 11.5 Å². The van der Waals surface area contributed by atoms with Gasteiger partial charge in [0, 0.05) is 37.5 Å². The molecule has 5 aromatic rings. The van der Waals surface area contributed by atoms with Gasteiger partial charge in [-0.2, -0.15) is 5.10 Å². The second kappa shape index (κ2) is 9.81. The number of carbonyl (C=O) groups excluding carboxylic acids is 1. The van der Waals surface area contributed by atoms with Crippen molar-refractivity contribution in [2.45, 2.75) is 31.8 Å². The van der Waals surface area contributed by atoms with E-state index in [4.69, 9.17) is 9.72 Å². The smallest absolute Gasteiger partial charge is 0.246 e. The topological polar surface area (TPSA) is 114 Å². The van der Waals surface area contributed by atoms with Crippen molar-refractivity contribution in [3.05, 3.63) is 79.3 Å². The Labute approximate surface area is 234 Å².